The largest absolute Gasteiger partial charge is 0.454 e. The fraction of sp³-hybridized carbons (Fsp3) is 0.556. The maximum absolute atomic E-state index is 12.1. The fourth-order valence-corrected chi connectivity index (χ4v) is 3.87. The normalized spacial score (nSPS) is 22.5. The zero-order chi connectivity index (χ0) is 17.9. The minimum absolute atomic E-state index is 0.178. The topological polar surface area (TPSA) is 83.1 Å². The van der Waals surface area contributed by atoms with Crippen LogP contribution in [0.2, 0.25) is 0 Å². The van der Waals surface area contributed by atoms with Crippen LogP contribution in [0.15, 0.2) is 18.2 Å². The van der Waals surface area contributed by atoms with Gasteiger partial charge in [-0.05, 0) is 44.5 Å². The maximum atomic E-state index is 12.1. The molecule has 0 bridgehead atoms. The van der Waals surface area contributed by atoms with Crippen LogP contribution < -0.4 is 20.1 Å². The van der Waals surface area contributed by atoms with Gasteiger partial charge in [-0.1, -0.05) is 0 Å². The van der Waals surface area contributed by atoms with Crippen molar-refractivity contribution in [2.45, 2.75) is 25.3 Å². The van der Waals surface area contributed by atoms with Crippen molar-refractivity contribution in [3.8, 4) is 11.5 Å². The quantitative estimate of drug-likeness (QED) is 0.840. The van der Waals surface area contributed by atoms with Crippen molar-refractivity contribution in [2.24, 2.45) is 0 Å². The SMILES string of the molecule is O=C(CN1CCC(N2CCCC2)C1)NC(=O)Nc1ccc2c(c1)OCO2. The number of carbonyl (C=O) groups is 2. The van der Waals surface area contributed by atoms with Gasteiger partial charge in [0.25, 0.3) is 0 Å². The zero-order valence-electron chi connectivity index (χ0n) is 14.7. The molecule has 2 saturated heterocycles. The number of fused-ring (bicyclic) bond motifs is 1. The Kier molecular flexibility index (Phi) is 4.94. The van der Waals surface area contributed by atoms with Crippen LogP contribution >= 0.6 is 0 Å². The summed E-state index contributed by atoms with van der Waals surface area (Å²) in [6.07, 6.45) is 3.64. The molecule has 1 atom stereocenters. The third-order valence-electron chi connectivity index (χ3n) is 5.16. The Labute approximate surface area is 152 Å². The highest BCUT2D eigenvalue weighted by Crippen LogP contribution is 2.34. The van der Waals surface area contributed by atoms with Gasteiger partial charge in [-0.15, -0.1) is 0 Å². The van der Waals surface area contributed by atoms with E-state index in [0.29, 0.717) is 23.2 Å². The van der Waals surface area contributed by atoms with Crippen molar-refractivity contribution in [3.05, 3.63) is 18.2 Å². The Bertz CT molecular complexity index is 690. The molecule has 1 unspecified atom stereocenters. The molecule has 3 aliphatic rings. The van der Waals surface area contributed by atoms with E-state index >= 15 is 0 Å². The van der Waals surface area contributed by atoms with E-state index in [1.807, 2.05) is 0 Å². The molecule has 8 heteroatoms. The molecule has 3 heterocycles. The van der Waals surface area contributed by atoms with Crippen molar-refractivity contribution < 1.29 is 19.1 Å². The highest BCUT2D eigenvalue weighted by Gasteiger charge is 2.30. The molecule has 1 aromatic rings. The molecule has 0 saturated carbocycles. The number of urea groups is 1. The van der Waals surface area contributed by atoms with E-state index in [1.165, 1.54) is 25.9 Å². The van der Waals surface area contributed by atoms with Gasteiger partial charge in [0.1, 0.15) is 0 Å². The Morgan fingerprint density at radius 3 is 2.77 bits per heavy atom. The van der Waals surface area contributed by atoms with Crippen molar-refractivity contribution in [2.75, 3.05) is 44.8 Å². The van der Waals surface area contributed by atoms with Crippen LogP contribution in [-0.2, 0) is 4.79 Å². The van der Waals surface area contributed by atoms with Gasteiger partial charge in [-0.3, -0.25) is 19.9 Å². The molecule has 3 amide bonds. The summed E-state index contributed by atoms with van der Waals surface area (Å²) in [4.78, 5) is 28.8. The van der Waals surface area contributed by atoms with E-state index in [4.69, 9.17) is 9.47 Å². The second kappa shape index (κ2) is 7.51. The fourth-order valence-electron chi connectivity index (χ4n) is 3.87. The minimum atomic E-state index is -0.538. The van der Waals surface area contributed by atoms with Gasteiger partial charge in [0.2, 0.25) is 12.7 Å². The summed E-state index contributed by atoms with van der Waals surface area (Å²) >= 11 is 0. The number of imide groups is 1. The van der Waals surface area contributed by atoms with E-state index in [2.05, 4.69) is 20.4 Å². The molecule has 0 aliphatic carbocycles. The highest BCUT2D eigenvalue weighted by atomic mass is 16.7. The molecule has 0 radical (unpaired) electrons. The number of ether oxygens (including phenoxy) is 2. The number of hydrogen-bond donors (Lipinski definition) is 2. The summed E-state index contributed by atoms with van der Waals surface area (Å²) in [6.45, 7) is 4.57. The van der Waals surface area contributed by atoms with Crippen LogP contribution in [0.5, 0.6) is 11.5 Å². The van der Waals surface area contributed by atoms with Crippen molar-refractivity contribution in [1.82, 2.24) is 15.1 Å². The van der Waals surface area contributed by atoms with Crippen LogP contribution in [0, 0.1) is 0 Å². The maximum Gasteiger partial charge on any atom is 0.325 e. The standard InChI is InChI=1S/C18H24N4O4/c23-17(11-21-8-5-14(10-21)22-6-1-2-7-22)20-18(24)19-13-3-4-15-16(9-13)26-12-25-15/h3-4,9,14H,1-2,5-8,10-12H2,(H2,19,20,23,24). The van der Waals surface area contributed by atoms with Crippen LogP contribution in [0.4, 0.5) is 10.5 Å². The third-order valence-corrected chi connectivity index (χ3v) is 5.16. The molecule has 1 aromatic carbocycles. The lowest BCUT2D eigenvalue weighted by atomic mass is 10.2. The van der Waals surface area contributed by atoms with Gasteiger partial charge in [0.05, 0.1) is 6.54 Å². The summed E-state index contributed by atoms with van der Waals surface area (Å²) < 4.78 is 10.5. The Morgan fingerprint density at radius 2 is 1.92 bits per heavy atom. The smallest absolute Gasteiger partial charge is 0.325 e. The summed E-state index contributed by atoms with van der Waals surface area (Å²) in [5, 5.41) is 5.04. The molecule has 0 spiro atoms. The van der Waals surface area contributed by atoms with Crippen molar-refractivity contribution >= 4 is 17.6 Å². The van der Waals surface area contributed by atoms with Gasteiger partial charge in [0, 0.05) is 30.9 Å². The average molecular weight is 360 g/mol. The number of hydrogen-bond acceptors (Lipinski definition) is 6. The van der Waals surface area contributed by atoms with Crippen LogP contribution in [-0.4, -0.2) is 67.3 Å². The molecule has 0 aromatic heterocycles. The number of benzene rings is 1. The number of amides is 3. The Balaban J connectivity index is 1.22. The zero-order valence-corrected chi connectivity index (χ0v) is 14.7. The first-order valence-corrected chi connectivity index (χ1v) is 9.14. The van der Waals surface area contributed by atoms with Gasteiger partial charge in [0.15, 0.2) is 11.5 Å². The molecular formula is C18H24N4O4. The lowest BCUT2D eigenvalue weighted by Gasteiger charge is -2.23. The molecule has 2 N–H and O–H groups in total. The van der Waals surface area contributed by atoms with Crippen LogP contribution in [0.25, 0.3) is 0 Å². The lowest BCUT2D eigenvalue weighted by Crippen LogP contribution is -2.42. The summed E-state index contributed by atoms with van der Waals surface area (Å²) in [5.41, 5.74) is 0.551. The number of likely N-dealkylation sites (tertiary alicyclic amines) is 2. The Morgan fingerprint density at radius 1 is 1.12 bits per heavy atom. The summed E-state index contributed by atoms with van der Waals surface area (Å²) in [5.74, 6) is 0.943. The molecule has 140 valence electrons. The van der Waals surface area contributed by atoms with Gasteiger partial charge >= 0.3 is 6.03 Å². The summed E-state index contributed by atoms with van der Waals surface area (Å²) in [7, 11) is 0. The highest BCUT2D eigenvalue weighted by molar-refractivity contribution is 6.01. The van der Waals surface area contributed by atoms with Crippen molar-refractivity contribution in [1.29, 1.82) is 0 Å². The molecular weight excluding hydrogens is 336 g/mol. The van der Waals surface area contributed by atoms with E-state index in [1.54, 1.807) is 18.2 Å². The van der Waals surface area contributed by atoms with Crippen LogP contribution in [0.1, 0.15) is 19.3 Å². The van der Waals surface area contributed by atoms with E-state index < -0.39 is 6.03 Å². The van der Waals surface area contributed by atoms with E-state index in [-0.39, 0.29) is 19.2 Å². The van der Waals surface area contributed by atoms with Crippen LogP contribution in [0.3, 0.4) is 0 Å². The predicted molar refractivity (Wildman–Crippen MR) is 95.4 cm³/mol. The average Bonchev–Trinajstić information content (AvgIpc) is 3.35. The second-order valence-corrected chi connectivity index (χ2v) is 6.99. The third kappa shape index (κ3) is 3.91. The first-order valence-electron chi connectivity index (χ1n) is 9.14. The molecule has 2 fully saturated rings. The van der Waals surface area contributed by atoms with Gasteiger partial charge in [-0.2, -0.15) is 0 Å². The molecule has 3 aliphatic heterocycles. The number of nitrogens with zero attached hydrogens (tertiary/aromatic N) is 2. The molecule has 8 nitrogen and oxygen atoms in total. The first kappa shape index (κ1) is 17.1. The monoisotopic (exact) mass is 360 g/mol. The summed E-state index contributed by atoms with van der Waals surface area (Å²) in [6, 6.07) is 5.12. The minimum Gasteiger partial charge on any atom is -0.454 e. The van der Waals surface area contributed by atoms with E-state index in [9.17, 15) is 9.59 Å². The van der Waals surface area contributed by atoms with E-state index in [0.717, 1.165) is 19.5 Å². The molecule has 4 rings (SSSR count). The number of anilines is 1. The van der Waals surface area contributed by atoms with Crippen molar-refractivity contribution in [3.63, 3.8) is 0 Å². The predicted octanol–water partition coefficient (Wildman–Crippen LogP) is 1.23. The molecule has 26 heavy (non-hydrogen) atoms. The van der Waals surface area contributed by atoms with Gasteiger partial charge < -0.3 is 14.8 Å². The number of nitrogens with one attached hydrogen (secondary N) is 2. The number of rotatable bonds is 4. The van der Waals surface area contributed by atoms with Gasteiger partial charge in [-0.25, -0.2) is 4.79 Å². The second-order valence-electron chi connectivity index (χ2n) is 6.99. The Hall–Kier alpha value is -2.32. The lowest BCUT2D eigenvalue weighted by molar-refractivity contribution is -0.120. The number of carbonyl (C=O) groups excluding carboxylic acids is 2. The first-order chi connectivity index (χ1) is 12.7.